The third-order valence-electron chi connectivity index (χ3n) is 2.45. The summed E-state index contributed by atoms with van der Waals surface area (Å²) in [4.78, 5) is 16.4. The Morgan fingerprint density at radius 1 is 1.29 bits per heavy atom. The van der Waals surface area contributed by atoms with Crippen LogP contribution >= 0.6 is 11.6 Å². The summed E-state index contributed by atoms with van der Waals surface area (Å²) >= 11 is 5.75. The van der Waals surface area contributed by atoms with E-state index in [4.69, 9.17) is 16.4 Å². The quantitative estimate of drug-likeness (QED) is 0.679. The summed E-state index contributed by atoms with van der Waals surface area (Å²) in [5, 5.41) is 6.79. The average Bonchev–Trinajstić information content (AvgIpc) is 2.45. The Morgan fingerprint density at radius 3 is 2.76 bits per heavy atom. The van der Waals surface area contributed by atoms with Crippen molar-refractivity contribution in [2.24, 2.45) is 5.16 Å². The molecule has 2 rings (SSSR count). The summed E-state index contributed by atoms with van der Waals surface area (Å²) in [6.45, 7) is -0.263. The van der Waals surface area contributed by atoms with Gasteiger partial charge in [-0.15, -0.1) is 0 Å². The van der Waals surface area contributed by atoms with Crippen LogP contribution in [0.15, 0.2) is 53.7 Å². The van der Waals surface area contributed by atoms with E-state index < -0.39 is 11.7 Å². The van der Waals surface area contributed by atoms with Gasteiger partial charge in [0.05, 0.1) is 6.21 Å². The SMILES string of the molecule is O=C(CO/N=C/c1ccc(Cl)cc1)Nc1cccc(F)c1. The summed E-state index contributed by atoms with van der Waals surface area (Å²) in [6, 6.07) is 12.6. The molecule has 0 aromatic heterocycles. The minimum absolute atomic E-state index is 0.263. The van der Waals surface area contributed by atoms with Crippen molar-refractivity contribution in [1.29, 1.82) is 0 Å². The first-order chi connectivity index (χ1) is 10.1. The van der Waals surface area contributed by atoms with E-state index >= 15 is 0 Å². The number of nitrogens with one attached hydrogen (secondary N) is 1. The number of hydrogen-bond acceptors (Lipinski definition) is 3. The summed E-state index contributed by atoms with van der Waals surface area (Å²) in [7, 11) is 0. The Kier molecular flexibility index (Phi) is 5.29. The molecule has 2 aromatic carbocycles. The molecular weight excluding hydrogens is 295 g/mol. The molecule has 1 N–H and O–H groups in total. The topological polar surface area (TPSA) is 50.7 Å². The van der Waals surface area contributed by atoms with Gasteiger partial charge >= 0.3 is 0 Å². The molecule has 0 unspecified atom stereocenters. The maximum atomic E-state index is 12.9. The number of amides is 1. The lowest BCUT2D eigenvalue weighted by Gasteiger charge is -2.03. The standard InChI is InChI=1S/C15H12ClFN2O2/c16-12-6-4-11(5-7-12)9-18-21-10-15(20)19-14-3-1-2-13(17)8-14/h1-9H,10H2,(H,19,20)/b18-9+. The molecule has 0 saturated heterocycles. The Balaban J connectivity index is 1.78. The number of rotatable bonds is 5. The van der Waals surface area contributed by atoms with Gasteiger partial charge in [0, 0.05) is 10.7 Å². The van der Waals surface area contributed by atoms with Crippen LogP contribution in [0.3, 0.4) is 0 Å². The molecule has 6 heteroatoms. The van der Waals surface area contributed by atoms with Gasteiger partial charge in [-0.1, -0.05) is 35.0 Å². The Bertz CT molecular complexity index is 644. The lowest BCUT2D eigenvalue weighted by molar-refractivity contribution is -0.120. The largest absolute Gasteiger partial charge is 0.386 e. The highest BCUT2D eigenvalue weighted by atomic mass is 35.5. The van der Waals surface area contributed by atoms with Crippen molar-refractivity contribution >= 4 is 29.4 Å². The van der Waals surface area contributed by atoms with Gasteiger partial charge in [-0.2, -0.15) is 0 Å². The Labute approximate surface area is 126 Å². The summed E-state index contributed by atoms with van der Waals surface area (Å²) in [6.07, 6.45) is 1.46. The van der Waals surface area contributed by atoms with Crippen molar-refractivity contribution in [3.05, 3.63) is 64.9 Å². The van der Waals surface area contributed by atoms with E-state index in [1.807, 2.05) is 0 Å². The van der Waals surface area contributed by atoms with E-state index in [0.717, 1.165) is 5.56 Å². The van der Waals surface area contributed by atoms with Crippen molar-refractivity contribution < 1.29 is 14.0 Å². The molecule has 4 nitrogen and oxygen atoms in total. The smallest absolute Gasteiger partial charge is 0.265 e. The summed E-state index contributed by atoms with van der Waals surface area (Å²) in [5.74, 6) is -0.844. The molecule has 21 heavy (non-hydrogen) atoms. The maximum Gasteiger partial charge on any atom is 0.265 e. The zero-order chi connectivity index (χ0) is 15.1. The number of halogens is 2. The van der Waals surface area contributed by atoms with Gasteiger partial charge in [-0.05, 0) is 35.9 Å². The van der Waals surface area contributed by atoms with Gasteiger partial charge in [-0.3, -0.25) is 4.79 Å². The molecule has 0 aliphatic carbocycles. The first kappa shape index (κ1) is 15.0. The van der Waals surface area contributed by atoms with Crippen LogP contribution in [0.25, 0.3) is 0 Å². The van der Waals surface area contributed by atoms with Crippen LogP contribution in [0.4, 0.5) is 10.1 Å². The van der Waals surface area contributed by atoms with Gasteiger partial charge in [0.15, 0.2) is 6.61 Å². The fraction of sp³-hybridized carbons (Fsp3) is 0.0667. The van der Waals surface area contributed by atoms with Gasteiger partial charge < -0.3 is 10.2 Å². The fourth-order valence-corrected chi connectivity index (χ4v) is 1.63. The molecule has 0 aliphatic heterocycles. The van der Waals surface area contributed by atoms with E-state index in [1.165, 1.54) is 24.4 Å². The van der Waals surface area contributed by atoms with Crippen LogP contribution in [-0.2, 0) is 9.63 Å². The second kappa shape index (κ2) is 7.40. The van der Waals surface area contributed by atoms with Gasteiger partial charge in [0.1, 0.15) is 5.82 Å². The summed E-state index contributed by atoms with van der Waals surface area (Å²) in [5.41, 5.74) is 1.16. The normalized spacial score (nSPS) is 10.6. The van der Waals surface area contributed by atoms with Crippen molar-refractivity contribution in [2.75, 3.05) is 11.9 Å². The molecule has 0 atom stereocenters. The van der Waals surface area contributed by atoms with Crippen LogP contribution in [0.2, 0.25) is 5.02 Å². The van der Waals surface area contributed by atoms with E-state index in [9.17, 15) is 9.18 Å². The van der Waals surface area contributed by atoms with Crippen molar-refractivity contribution in [3.8, 4) is 0 Å². The van der Waals surface area contributed by atoms with Crippen LogP contribution in [0.5, 0.6) is 0 Å². The Hall–Kier alpha value is -2.40. The molecule has 0 heterocycles. The second-order valence-electron chi connectivity index (χ2n) is 4.12. The lowest BCUT2D eigenvalue weighted by Crippen LogP contribution is -2.17. The minimum atomic E-state index is -0.422. The number of oxime groups is 1. The molecule has 2 aromatic rings. The lowest BCUT2D eigenvalue weighted by atomic mass is 10.2. The number of nitrogens with zero attached hydrogens (tertiary/aromatic N) is 1. The predicted octanol–water partition coefficient (Wildman–Crippen LogP) is 3.47. The van der Waals surface area contributed by atoms with Crippen molar-refractivity contribution in [3.63, 3.8) is 0 Å². The molecule has 108 valence electrons. The van der Waals surface area contributed by atoms with E-state index in [0.29, 0.717) is 10.7 Å². The number of carbonyl (C=O) groups is 1. The van der Waals surface area contributed by atoms with Gasteiger partial charge in [0.2, 0.25) is 0 Å². The molecule has 0 radical (unpaired) electrons. The molecule has 0 bridgehead atoms. The monoisotopic (exact) mass is 306 g/mol. The van der Waals surface area contributed by atoms with Crippen LogP contribution in [0, 0.1) is 5.82 Å². The zero-order valence-electron chi connectivity index (χ0n) is 10.9. The van der Waals surface area contributed by atoms with Crippen molar-refractivity contribution in [2.45, 2.75) is 0 Å². The maximum absolute atomic E-state index is 12.9. The third kappa shape index (κ3) is 5.24. The molecule has 1 amide bonds. The average molecular weight is 307 g/mol. The first-order valence-corrected chi connectivity index (χ1v) is 6.47. The van der Waals surface area contributed by atoms with Crippen LogP contribution in [-0.4, -0.2) is 18.7 Å². The predicted molar refractivity (Wildman–Crippen MR) is 80.0 cm³/mol. The number of hydrogen-bond donors (Lipinski definition) is 1. The molecule has 0 spiro atoms. The molecule has 0 saturated carbocycles. The van der Waals surface area contributed by atoms with Crippen LogP contribution in [0.1, 0.15) is 5.56 Å². The first-order valence-electron chi connectivity index (χ1n) is 6.10. The van der Waals surface area contributed by atoms with E-state index in [1.54, 1.807) is 30.3 Å². The minimum Gasteiger partial charge on any atom is -0.386 e. The fourth-order valence-electron chi connectivity index (χ4n) is 1.51. The number of anilines is 1. The second-order valence-corrected chi connectivity index (χ2v) is 4.55. The highest BCUT2D eigenvalue weighted by Gasteiger charge is 2.03. The molecular formula is C15H12ClFN2O2. The highest BCUT2D eigenvalue weighted by molar-refractivity contribution is 6.30. The zero-order valence-corrected chi connectivity index (χ0v) is 11.7. The van der Waals surface area contributed by atoms with Gasteiger partial charge in [0.25, 0.3) is 5.91 Å². The van der Waals surface area contributed by atoms with Crippen molar-refractivity contribution in [1.82, 2.24) is 0 Å². The van der Waals surface area contributed by atoms with E-state index in [-0.39, 0.29) is 6.61 Å². The van der Waals surface area contributed by atoms with Gasteiger partial charge in [-0.25, -0.2) is 4.39 Å². The number of benzene rings is 2. The molecule has 0 fully saturated rings. The summed E-state index contributed by atoms with van der Waals surface area (Å²) < 4.78 is 12.9. The van der Waals surface area contributed by atoms with E-state index in [2.05, 4.69) is 10.5 Å². The molecule has 0 aliphatic rings. The Morgan fingerprint density at radius 2 is 2.05 bits per heavy atom. The highest BCUT2D eigenvalue weighted by Crippen LogP contribution is 2.09. The number of carbonyl (C=O) groups excluding carboxylic acids is 1. The third-order valence-corrected chi connectivity index (χ3v) is 2.70. The van der Waals surface area contributed by atoms with Crippen LogP contribution < -0.4 is 5.32 Å².